The molecule has 1 saturated heterocycles. The minimum absolute atomic E-state index is 0.0795. The summed E-state index contributed by atoms with van der Waals surface area (Å²) in [6.45, 7) is 3.90. The van der Waals surface area contributed by atoms with Crippen molar-refractivity contribution in [2.45, 2.75) is 23.9 Å². The molecule has 0 bridgehead atoms. The van der Waals surface area contributed by atoms with Crippen molar-refractivity contribution in [1.82, 2.24) is 14.5 Å². The first-order valence-electron chi connectivity index (χ1n) is 11.8. The normalized spacial score (nSPS) is 15.6. The minimum atomic E-state index is -4.02. The number of piperazine rings is 1. The van der Waals surface area contributed by atoms with Crippen molar-refractivity contribution >= 4 is 27.5 Å². The summed E-state index contributed by atoms with van der Waals surface area (Å²) in [5.41, 5.74) is 2.39. The van der Waals surface area contributed by atoms with E-state index in [0.717, 1.165) is 0 Å². The molecule has 1 atom stereocenters. The molecule has 1 aliphatic rings. The highest BCUT2D eigenvalue weighted by atomic mass is 35.5. The number of carbonyl (C=O) groups is 1. The molecule has 1 heterocycles. The zero-order valence-corrected chi connectivity index (χ0v) is 21.9. The number of rotatable bonds is 8. The third-order valence-electron chi connectivity index (χ3n) is 6.34. The van der Waals surface area contributed by atoms with E-state index >= 15 is 0 Å². The smallest absolute Gasteiger partial charge is 0.245 e. The number of nitrogens with one attached hydrogen (secondary N) is 1. The first-order valence-corrected chi connectivity index (χ1v) is 13.6. The molecule has 1 aliphatic heterocycles. The van der Waals surface area contributed by atoms with Crippen LogP contribution in [-0.2, 0) is 14.8 Å². The van der Waals surface area contributed by atoms with Gasteiger partial charge in [-0.2, -0.15) is 4.72 Å². The van der Waals surface area contributed by atoms with Crippen molar-refractivity contribution < 1.29 is 17.9 Å². The van der Waals surface area contributed by atoms with Gasteiger partial charge in [0.2, 0.25) is 15.9 Å². The Hall–Kier alpha value is -2.91. The largest absolute Gasteiger partial charge is 0.495 e. The number of benzene rings is 3. The van der Waals surface area contributed by atoms with Crippen LogP contribution >= 0.6 is 11.6 Å². The van der Waals surface area contributed by atoms with Crippen molar-refractivity contribution in [2.24, 2.45) is 0 Å². The molecule has 0 unspecified atom stereocenters. The molecule has 3 aromatic rings. The molecule has 0 saturated carbocycles. The molecule has 0 aliphatic carbocycles. The first kappa shape index (κ1) is 26.2. The quantitative estimate of drug-likeness (QED) is 0.480. The number of ether oxygens (including phenoxy) is 1. The number of methoxy groups -OCH3 is 1. The van der Waals surface area contributed by atoms with Gasteiger partial charge in [-0.25, -0.2) is 8.42 Å². The molecule has 7 nitrogen and oxygen atoms in total. The predicted molar refractivity (Wildman–Crippen MR) is 141 cm³/mol. The van der Waals surface area contributed by atoms with Gasteiger partial charge in [-0.15, -0.1) is 0 Å². The standard InChI is InChI=1S/C27H30ClN3O4S/c1-20(29-36(33,34)25-19-23(28)13-14-24(25)35-2)27(32)31-17-15-30(16-18-31)26(21-9-5-3-6-10-21)22-11-7-4-8-12-22/h3-14,19-20,26,29H,15-18H2,1-2H3/t20-/m1/s1. The lowest BCUT2D eigenvalue weighted by Gasteiger charge is -2.40. The van der Waals surface area contributed by atoms with Crippen LogP contribution in [0.15, 0.2) is 83.8 Å². The molecule has 0 aromatic heterocycles. The molecule has 9 heteroatoms. The van der Waals surface area contributed by atoms with E-state index in [1.54, 1.807) is 17.9 Å². The van der Waals surface area contributed by atoms with E-state index in [-0.39, 0.29) is 27.6 Å². The SMILES string of the molecule is COc1ccc(Cl)cc1S(=O)(=O)N[C@H](C)C(=O)N1CCN(C(c2ccccc2)c2ccccc2)CC1. The predicted octanol–water partition coefficient (Wildman–Crippen LogP) is 3.95. The van der Waals surface area contributed by atoms with Gasteiger partial charge in [0, 0.05) is 31.2 Å². The van der Waals surface area contributed by atoms with Gasteiger partial charge >= 0.3 is 0 Å². The van der Waals surface area contributed by atoms with E-state index in [0.29, 0.717) is 26.2 Å². The fourth-order valence-corrected chi connectivity index (χ4v) is 6.19. The summed E-state index contributed by atoms with van der Waals surface area (Å²) in [5, 5.41) is 0.262. The number of carbonyl (C=O) groups excluding carboxylic acids is 1. The molecular formula is C27H30ClN3O4S. The van der Waals surface area contributed by atoms with Crippen LogP contribution < -0.4 is 9.46 Å². The highest BCUT2D eigenvalue weighted by Gasteiger charge is 2.32. The molecular weight excluding hydrogens is 498 g/mol. The van der Waals surface area contributed by atoms with Crippen molar-refractivity contribution in [1.29, 1.82) is 0 Å². The highest BCUT2D eigenvalue weighted by molar-refractivity contribution is 7.89. The number of hydrogen-bond donors (Lipinski definition) is 1. The molecule has 36 heavy (non-hydrogen) atoms. The van der Waals surface area contributed by atoms with Gasteiger partial charge in [0.05, 0.1) is 19.2 Å². The Morgan fingerprint density at radius 3 is 2.00 bits per heavy atom. The zero-order valence-electron chi connectivity index (χ0n) is 20.3. The second-order valence-electron chi connectivity index (χ2n) is 8.72. The van der Waals surface area contributed by atoms with E-state index in [9.17, 15) is 13.2 Å². The summed E-state index contributed by atoms with van der Waals surface area (Å²) in [5.74, 6) is -0.108. The number of nitrogens with zero attached hydrogens (tertiary/aromatic N) is 2. The zero-order chi connectivity index (χ0) is 25.7. The summed E-state index contributed by atoms with van der Waals surface area (Å²) < 4.78 is 33.6. The van der Waals surface area contributed by atoms with Gasteiger partial charge in [-0.05, 0) is 36.2 Å². The van der Waals surface area contributed by atoms with Crippen molar-refractivity contribution in [3.05, 3.63) is 95.0 Å². The van der Waals surface area contributed by atoms with Crippen LogP contribution in [0.25, 0.3) is 0 Å². The fourth-order valence-electron chi connectivity index (χ4n) is 4.57. The minimum Gasteiger partial charge on any atom is -0.495 e. The maximum Gasteiger partial charge on any atom is 0.245 e. The van der Waals surface area contributed by atoms with Crippen LogP contribution in [0.3, 0.4) is 0 Å². The molecule has 1 fully saturated rings. The third-order valence-corrected chi connectivity index (χ3v) is 8.14. The number of halogens is 1. The van der Waals surface area contributed by atoms with E-state index in [1.165, 1.54) is 30.4 Å². The van der Waals surface area contributed by atoms with Gasteiger partial charge in [0.1, 0.15) is 10.6 Å². The summed E-state index contributed by atoms with van der Waals surface area (Å²) in [4.78, 5) is 17.1. The molecule has 190 valence electrons. The maximum absolute atomic E-state index is 13.2. The summed E-state index contributed by atoms with van der Waals surface area (Å²) in [7, 11) is -2.64. The fraction of sp³-hybridized carbons (Fsp3) is 0.296. The Kier molecular flexibility index (Phi) is 8.31. The molecule has 4 rings (SSSR count). The Morgan fingerprint density at radius 2 is 1.47 bits per heavy atom. The van der Waals surface area contributed by atoms with E-state index in [2.05, 4.69) is 33.9 Å². The second kappa shape index (κ2) is 11.4. The lowest BCUT2D eigenvalue weighted by Crippen LogP contribution is -2.54. The summed E-state index contributed by atoms with van der Waals surface area (Å²) >= 11 is 6.00. The number of sulfonamides is 1. The van der Waals surface area contributed by atoms with Crippen molar-refractivity contribution in [2.75, 3.05) is 33.3 Å². The average Bonchev–Trinajstić information content (AvgIpc) is 2.90. The van der Waals surface area contributed by atoms with Crippen molar-refractivity contribution in [3.63, 3.8) is 0 Å². The van der Waals surface area contributed by atoms with Gasteiger partial charge in [0.15, 0.2) is 0 Å². The van der Waals surface area contributed by atoms with Crippen LogP contribution in [0.4, 0.5) is 0 Å². The molecule has 1 amide bonds. The number of amides is 1. The Balaban J connectivity index is 1.44. The Bertz CT molecular complexity index is 1240. The first-order chi connectivity index (χ1) is 17.3. The van der Waals surface area contributed by atoms with Crippen LogP contribution in [0.2, 0.25) is 5.02 Å². The van der Waals surface area contributed by atoms with Crippen LogP contribution in [0, 0.1) is 0 Å². The second-order valence-corrected chi connectivity index (χ2v) is 10.8. The maximum atomic E-state index is 13.2. The van der Waals surface area contributed by atoms with Crippen molar-refractivity contribution in [3.8, 4) is 5.75 Å². The summed E-state index contributed by atoms with van der Waals surface area (Å²) in [6.07, 6.45) is 0. The molecule has 0 spiro atoms. The van der Waals surface area contributed by atoms with Gasteiger partial charge in [-0.1, -0.05) is 72.3 Å². The highest BCUT2D eigenvalue weighted by Crippen LogP contribution is 2.30. The third kappa shape index (κ3) is 5.90. The Morgan fingerprint density at radius 1 is 0.917 bits per heavy atom. The van der Waals surface area contributed by atoms with Crippen LogP contribution in [-0.4, -0.2) is 63.5 Å². The lowest BCUT2D eigenvalue weighted by molar-refractivity contribution is -0.134. The number of hydrogen-bond acceptors (Lipinski definition) is 5. The summed E-state index contributed by atoms with van der Waals surface area (Å²) in [6, 6.07) is 24.1. The lowest BCUT2D eigenvalue weighted by atomic mass is 9.96. The van der Waals surface area contributed by atoms with E-state index < -0.39 is 16.1 Å². The molecule has 0 radical (unpaired) electrons. The van der Waals surface area contributed by atoms with Crippen LogP contribution in [0.5, 0.6) is 5.75 Å². The van der Waals surface area contributed by atoms with Gasteiger partial charge in [0.25, 0.3) is 0 Å². The topological polar surface area (TPSA) is 78.9 Å². The van der Waals surface area contributed by atoms with Gasteiger partial charge in [-0.3, -0.25) is 9.69 Å². The van der Waals surface area contributed by atoms with E-state index in [1.807, 2.05) is 36.4 Å². The van der Waals surface area contributed by atoms with Gasteiger partial charge < -0.3 is 9.64 Å². The average molecular weight is 528 g/mol. The molecule has 1 N–H and O–H groups in total. The monoisotopic (exact) mass is 527 g/mol. The van der Waals surface area contributed by atoms with E-state index in [4.69, 9.17) is 16.3 Å². The molecule has 3 aromatic carbocycles. The Labute approximate surface area is 217 Å². The van der Waals surface area contributed by atoms with Crippen LogP contribution in [0.1, 0.15) is 24.1 Å².